The van der Waals surface area contributed by atoms with E-state index in [2.05, 4.69) is 43.4 Å². The summed E-state index contributed by atoms with van der Waals surface area (Å²) < 4.78 is 8.18. The molecule has 0 aliphatic carbocycles. The van der Waals surface area contributed by atoms with Crippen molar-refractivity contribution in [3.05, 3.63) is 36.5 Å². The van der Waals surface area contributed by atoms with Gasteiger partial charge in [-0.3, -0.25) is 4.90 Å². The molecule has 0 bridgehead atoms. The largest absolute Gasteiger partial charge is 0.374 e. The van der Waals surface area contributed by atoms with Crippen LogP contribution in [0.1, 0.15) is 19.7 Å². The highest BCUT2D eigenvalue weighted by atomic mass is 16.5. The van der Waals surface area contributed by atoms with E-state index in [9.17, 15) is 0 Å². The van der Waals surface area contributed by atoms with Gasteiger partial charge < -0.3 is 14.2 Å². The van der Waals surface area contributed by atoms with Crippen molar-refractivity contribution in [1.82, 2.24) is 24.6 Å². The summed E-state index contributed by atoms with van der Waals surface area (Å²) in [4.78, 5) is 9.12. The van der Waals surface area contributed by atoms with Crippen molar-refractivity contribution in [1.29, 1.82) is 0 Å². The molecular weight excluding hydrogens is 304 g/mol. The van der Waals surface area contributed by atoms with Gasteiger partial charge in [-0.15, -0.1) is 5.10 Å². The molecule has 0 radical (unpaired) electrons. The molecule has 3 rings (SSSR count). The highest BCUT2D eigenvalue weighted by molar-refractivity contribution is 5.36. The Hall–Kier alpha value is -1.99. The minimum absolute atomic E-state index is 0.172. The van der Waals surface area contributed by atoms with Gasteiger partial charge in [-0.25, -0.2) is 4.98 Å². The molecule has 130 valence electrons. The monoisotopic (exact) mass is 330 g/mol. The smallest absolute Gasteiger partial charge is 0.151 e. The molecule has 7 nitrogen and oxygen atoms in total. The summed E-state index contributed by atoms with van der Waals surface area (Å²) in [6.45, 7) is 10.4. The summed E-state index contributed by atoms with van der Waals surface area (Å²) in [6.07, 6.45) is 5.79. The Bertz CT molecular complexity index is 617. The summed E-state index contributed by atoms with van der Waals surface area (Å²) in [5, 5.41) is 8.19. The number of rotatable bonds is 7. The van der Waals surface area contributed by atoms with Gasteiger partial charge in [0.2, 0.25) is 0 Å². The summed E-state index contributed by atoms with van der Waals surface area (Å²) in [5.74, 6) is 2.03. The number of likely N-dealkylation sites (N-methyl/N-ethyl adjacent to an activating group) is 1. The van der Waals surface area contributed by atoms with E-state index in [0.717, 1.165) is 57.5 Å². The van der Waals surface area contributed by atoms with Crippen molar-refractivity contribution in [2.45, 2.75) is 33.0 Å². The van der Waals surface area contributed by atoms with E-state index in [1.807, 2.05) is 24.5 Å². The highest BCUT2D eigenvalue weighted by Gasteiger charge is 2.24. The Morgan fingerprint density at radius 1 is 1.33 bits per heavy atom. The second-order valence-electron chi connectivity index (χ2n) is 5.98. The lowest BCUT2D eigenvalue weighted by molar-refractivity contribution is -0.0278. The summed E-state index contributed by atoms with van der Waals surface area (Å²) >= 11 is 0. The molecule has 2 aromatic rings. The topological polar surface area (TPSA) is 59.3 Å². The van der Waals surface area contributed by atoms with Crippen LogP contribution in [0.3, 0.4) is 0 Å². The van der Waals surface area contributed by atoms with Crippen molar-refractivity contribution >= 4 is 5.82 Å². The van der Waals surface area contributed by atoms with Gasteiger partial charge in [0.15, 0.2) is 5.82 Å². The van der Waals surface area contributed by atoms with E-state index in [1.165, 1.54) is 0 Å². The number of ether oxygens (including phenoxy) is 1. The molecule has 7 heteroatoms. The fourth-order valence-electron chi connectivity index (χ4n) is 3.11. The van der Waals surface area contributed by atoms with Crippen molar-refractivity contribution in [2.24, 2.45) is 0 Å². The summed E-state index contributed by atoms with van der Waals surface area (Å²) in [7, 11) is 0. The van der Waals surface area contributed by atoms with Gasteiger partial charge in [-0.05, 0) is 26.0 Å². The number of anilines is 1. The third kappa shape index (κ3) is 4.10. The van der Waals surface area contributed by atoms with Crippen molar-refractivity contribution in [3.8, 4) is 0 Å². The average molecular weight is 330 g/mol. The van der Waals surface area contributed by atoms with E-state index in [4.69, 9.17) is 4.74 Å². The van der Waals surface area contributed by atoms with Gasteiger partial charge in [0, 0.05) is 51.3 Å². The van der Waals surface area contributed by atoms with Crippen LogP contribution in [0.2, 0.25) is 0 Å². The molecule has 2 aromatic heterocycles. The van der Waals surface area contributed by atoms with Crippen LogP contribution in [0.25, 0.3) is 0 Å². The Labute approximate surface area is 143 Å². The Kier molecular flexibility index (Phi) is 5.77. The quantitative estimate of drug-likeness (QED) is 0.765. The number of nitrogens with zero attached hydrogens (tertiary/aromatic N) is 6. The van der Waals surface area contributed by atoms with Crippen LogP contribution < -0.4 is 4.90 Å². The highest BCUT2D eigenvalue weighted by Crippen LogP contribution is 2.14. The first-order valence-corrected chi connectivity index (χ1v) is 8.66. The molecule has 1 aliphatic heterocycles. The Morgan fingerprint density at radius 2 is 2.25 bits per heavy atom. The fourth-order valence-corrected chi connectivity index (χ4v) is 3.11. The number of hydrogen-bond acceptors (Lipinski definition) is 6. The number of imidazole rings is 1. The van der Waals surface area contributed by atoms with Gasteiger partial charge in [0.25, 0.3) is 0 Å². The Morgan fingerprint density at radius 3 is 3.00 bits per heavy atom. The third-order valence-electron chi connectivity index (χ3n) is 4.42. The lowest BCUT2D eigenvalue weighted by Gasteiger charge is -2.35. The Balaban J connectivity index is 1.59. The third-order valence-corrected chi connectivity index (χ3v) is 4.42. The lowest BCUT2D eigenvalue weighted by atomic mass is 10.2. The first-order chi connectivity index (χ1) is 11.8. The van der Waals surface area contributed by atoms with Gasteiger partial charge in [-0.2, -0.15) is 5.10 Å². The van der Waals surface area contributed by atoms with Gasteiger partial charge in [-0.1, -0.05) is 0 Å². The minimum Gasteiger partial charge on any atom is -0.374 e. The molecule has 3 heterocycles. The summed E-state index contributed by atoms with van der Waals surface area (Å²) in [5.41, 5.74) is 0. The van der Waals surface area contributed by atoms with Gasteiger partial charge in [0.05, 0.1) is 19.3 Å². The lowest BCUT2D eigenvalue weighted by Crippen LogP contribution is -2.47. The predicted molar refractivity (Wildman–Crippen MR) is 92.8 cm³/mol. The van der Waals surface area contributed by atoms with Gasteiger partial charge in [0.1, 0.15) is 5.82 Å². The number of aromatic nitrogens is 4. The summed E-state index contributed by atoms with van der Waals surface area (Å²) in [6, 6.07) is 3.92. The molecule has 0 saturated carbocycles. The standard InChI is InChI=1S/C17H26N6O/c1-3-22-9-8-18-17(22)14-21-10-11-24-15(12-21)13-23(4-2)16-6-5-7-19-20-16/h5-9,15H,3-4,10-14H2,1-2H3/t15-/m1/s1. The minimum atomic E-state index is 0.172. The molecular formula is C17H26N6O. The van der Waals surface area contributed by atoms with Crippen LogP contribution in [0, 0.1) is 0 Å². The molecule has 0 spiro atoms. The van der Waals surface area contributed by atoms with Crippen molar-refractivity contribution in [3.63, 3.8) is 0 Å². The number of hydrogen-bond donors (Lipinski definition) is 0. The van der Waals surface area contributed by atoms with Crippen LogP contribution in [0.5, 0.6) is 0 Å². The van der Waals surface area contributed by atoms with E-state index in [-0.39, 0.29) is 6.10 Å². The first-order valence-electron chi connectivity index (χ1n) is 8.66. The van der Waals surface area contributed by atoms with E-state index in [0.29, 0.717) is 0 Å². The maximum atomic E-state index is 5.98. The van der Waals surface area contributed by atoms with Crippen LogP contribution in [-0.4, -0.2) is 63.5 Å². The maximum Gasteiger partial charge on any atom is 0.151 e. The molecule has 1 atom stereocenters. The molecule has 1 saturated heterocycles. The fraction of sp³-hybridized carbons (Fsp3) is 0.588. The van der Waals surface area contributed by atoms with Crippen LogP contribution >= 0.6 is 0 Å². The van der Waals surface area contributed by atoms with E-state index >= 15 is 0 Å². The van der Waals surface area contributed by atoms with Gasteiger partial charge >= 0.3 is 0 Å². The van der Waals surface area contributed by atoms with E-state index < -0.39 is 0 Å². The zero-order chi connectivity index (χ0) is 16.8. The van der Waals surface area contributed by atoms with E-state index in [1.54, 1.807) is 6.20 Å². The number of aryl methyl sites for hydroxylation is 1. The molecule has 1 fully saturated rings. The average Bonchev–Trinajstić information content (AvgIpc) is 3.08. The molecule has 0 aromatic carbocycles. The second kappa shape index (κ2) is 8.21. The number of morpholine rings is 1. The normalized spacial score (nSPS) is 18.7. The maximum absolute atomic E-state index is 5.98. The van der Waals surface area contributed by atoms with Crippen LogP contribution in [0.4, 0.5) is 5.82 Å². The predicted octanol–water partition coefficient (Wildman–Crippen LogP) is 1.42. The van der Waals surface area contributed by atoms with Crippen LogP contribution in [0.15, 0.2) is 30.7 Å². The van der Waals surface area contributed by atoms with Crippen LogP contribution in [-0.2, 0) is 17.8 Å². The molecule has 0 N–H and O–H groups in total. The van der Waals surface area contributed by atoms with Crippen molar-refractivity contribution < 1.29 is 4.74 Å². The molecule has 0 unspecified atom stereocenters. The van der Waals surface area contributed by atoms with Crippen molar-refractivity contribution in [2.75, 3.05) is 37.7 Å². The molecule has 0 amide bonds. The second-order valence-corrected chi connectivity index (χ2v) is 5.98. The zero-order valence-electron chi connectivity index (χ0n) is 14.5. The SMILES string of the molecule is CCN(C[C@H]1CN(Cc2nccn2CC)CCO1)c1cccnn1. The zero-order valence-corrected chi connectivity index (χ0v) is 14.5. The molecule has 1 aliphatic rings. The first kappa shape index (κ1) is 16.9. The molecule has 24 heavy (non-hydrogen) atoms.